The lowest BCUT2D eigenvalue weighted by atomic mass is 10.1. The van der Waals surface area contributed by atoms with Gasteiger partial charge in [-0.25, -0.2) is 13.0 Å². The van der Waals surface area contributed by atoms with E-state index < -0.39 is 10.0 Å². The molecule has 0 amide bonds. The number of pyridine rings is 1. The quantitative estimate of drug-likeness (QED) is 0.245. The van der Waals surface area contributed by atoms with Crippen LogP contribution in [0.5, 0.6) is 11.6 Å². The van der Waals surface area contributed by atoms with Crippen molar-refractivity contribution >= 4 is 38.4 Å². The highest BCUT2D eigenvalue weighted by Gasteiger charge is 2.19. The van der Waals surface area contributed by atoms with Crippen molar-refractivity contribution in [3.8, 4) is 17.3 Å². The summed E-state index contributed by atoms with van der Waals surface area (Å²) in [7, 11) is -2.49. The molecule has 2 N–H and O–H groups in total. The molecule has 0 bridgehead atoms. The van der Waals surface area contributed by atoms with E-state index in [1.165, 1.54) is 30.0 Å². The number of aryl methyl sites for hydroxylation is 2. The first-order valence-electron chi connectivity index (χ1n) is 12.4. The Morgan fingerprint density at radius 3 is 2.38 bits per heavy atom. The first-order valence-corrected chi connectivity index (χ1v) is 13.9. The van der Waals surface area contributed by atoms with Crippen molar-refractivity contribution in [1.82, 2.24) is 4.57 Å². The van der Waals surface area contributed by atoms with Crippen LogP contribution in [0.1, 0.15) is 16.7 Å². The van der Waals surface area contributed by atoms with Gasteiger partial charge >= 0.3 is 0 Å². The third kappa shape index (κ3) is 5.06. The lowest BCUT2D eigenvalue weighted by molar-refractivity contribution is 0.417. The number of aliphatic imine (C=N–C) groups is 1. The zero-order valence-electron chi connectivity index (χ0n) is 22.1. The molecule has 0 aliphatic heterocycles. The molecule has 0 unspecified atom stereocenters. The van der Waals surface area contributed by atoms with Crippen molar-refractivity contribution in [2.75, 3.05) is 11.8 Å². The fourth-order valence-corrected chi connectivity index (χ4v) is 5.68. The van der Waals surface area contributed by atoms with Crippen molar-refractivity contribution in [3.05, 3.63) is 118 Å². The maximum absolute atomic E-state index is 13.4. The van der Waals surface area contributed by atoms with Gasteiger partial charge in [-0.1, -0.05) is 54.1 Å². The lowest BCUT2D eigenvalue weighted by Gasteiger charge is -2.16. The number of nitrogens with one attached hydrogen (secondary N) is 1. The van der Waals surface area contributed by atoms with Gasteiger partial charge in [0.15, 0.2) is 0 Å². The Hall–Kier alpha value is -4.89. The maximum Gasteiger partial charge on any atom is 0.265 e. The third-order valence-corrected chi connectivity index (χ3v) is 7.88. The van der Waals surface area contributed by atoms with E-state index in [1.54, 1.807) is 66.7 Å². The molecule has 0 aliphatic rings. The Labute approximate surface area is 231 Å². The Balaban J connectivity index is 1.58. The Morgan fingerprint density at radius 2 is 1.62 bits per heavy atom. The monoisotopic (exact) mass is 553 g/mol. The van der Waals surface area contributed by atoms with Crippen molar-refractivity contribution < 1.29 is 18.3 Å². The summed E-state index contributed by atoms with van der Waals surface area (Å²) in [5.41, 5.74) is 3.05. The van der Waals surface area contributed by atoms with E-state index in [4.69, 9.17) is 4.74 Å². The molecule has 0 saturated carbocycles. The topological polar surface area (TPSA) is 110 Å². The van der Waals surface area contributed by atoms with Crippen molar-refractivity contribution in [2.24, 2.45) is 4.99 Å². The minimum Gasteiger partial charge on any atom is -0.495 e. The Bertz CT molecular complexity index is 1950. The number of hydrogen-bond acceptors (Lipinski definition) is 6. The van der Waals surface area contributed by atoms with E-state index in [1.807, 2.05) is 26.0 Å². The van der Waals surface area contributed by atoms with Crippen LogP contribution in [0.25, 0.3) is 16.5 Å². The number of methoxy groups -OCH3 is 1. The molecule has 5 aromatic rings. The number of para-hydroxylation sites is 2. The van der Waals surface area contributed by atoms with E-state index in [0.29, 0.717) is 39.1 Å². The van der Waals surface area contributed by atoms with Gasteiger partial charge in [0.2, 0.25) is 5.88 Å². The molecule has 0 spiro atoms. The van der Waals surface area contributed by atoms with E-state index >= 15 is 0 Å². The number of hydrogen-bond donors (Lipinski definition) is 2. The molecular formula is C31H27N3O5S. The van der Waals surface area contributed by atoms with E-state index in [9.17, 15) is 18.3 Å². The molecule has 0 radical (unpaired) electrons. The second kappa shape index (κ2) is 10.7. The number of sulfonamides is 1. The molecule has 5 rings (SSSR count). The summed E-state index contributed by atoms with van der Waals surface area (Å²) in [6, 6.07) is 25.4. The lowest BCUT2D eigenvalue weighted by Crippen LogP contribution is -2.21. The van der Waals surface area contributed by atoms with Gasteiger partial charge < -0.3 is 9.84 Å². The van der Waals surface area contributed by atoms with Crippen molar-refractivity contribution in [3.63, 3.8) is 0 Å². The van der Waals surface area contributed by atoms with Gasteiger partial charge in [-0.15, -0.1) is 0 Å². The summed E-state index contributed by atoms with van der Waals surface area (Å²) in [6.45, 7) is 3.83. The highest BCUT2D eigenvalue weighted by molar-refractivity contribution is 7.92. The molecule has 0 fully saturated rings. The molecule has 40 heavy (non-hydrogen) atoms. The average molecular weight is 554 g/mol. The van der Waals surface area contributed by atoms with Gasteiger partial charge in [0.1, 0.15) is 5.75 Å². The Kier molecular flexibility index (Phi) is 7.15. The van der Waals surface area contributed by atoms with Crippen LogP contribution in [-0.2, 0) is 10.0 Å². The van der Waals surface area contributed by atoms with Crippen LogP contribution >= 0.6 is 0 Å². The zero-order valence-corrected chi connectivity index (χ0v) is 22.9. The molecule has 0 saturated heterocycles. The summed E-state index contributed by atoms with van der Waals surface area (Å²) in [6.07, 6.45) is 1.44. The van der Waals surface area contributed by atoms with Gasteiger partial charge in [0.25, 0.3) is 15.6 Å². The summed E-state index contributed by atoms with van der Waals surface area (Å²) >= 11 is 0. The standard InChI is InChI=1S/C31H27N3O5S/c1-20-15-16-28(21(2)17-20)34-30(35)25-12-5-4-11-24(25)26(31(34)36)19-32-22-9-8-10-23(18-22)40(37,38)33-27-13-6-7-14-29(27)39-3/h4-19,33,36H,1-3H3. The average Bonchev–Trinajstić information content (AvgIpc) is 2.94. The summed E-state index contributed by atoms with van der Waals surface area (Å²) in [5.74, 6) is 0.127. The summed E-state index contributed by atoms with van der Waals surface area (Å²) in [5, 5.41) is 12.3. The van der Waals surface area contributed by atoms with Crippen molar-refractivity contribution in [1.29, 1.82) is 0 Å². The van der Waals surface area contributed by atoms with Gasteiger partial charge in [-0.05, 0) is 61.9 Å². The minimum absolute atomic E-state index is 0.00221. The number of anilines is 1. The molecule has 0 atom stereocenters. The van der Waals surface area contributed by atoms with Crippen LogP contribution in [0.2, 0.25) is 0 Å². The third-order valence-electron chi connectivity index (χ3n) is 6.52. The smallest absolute Gasteiger partial charge is 0.265 e. The first kappa shape index (κ1) is 26.7. The van der Waals surface area contributed by atoms with Crippen LogP contribution in [0.15, 0.2) is 106 Å². The molecule has 4 aromatic carbocycles. The number of aromatic hydroxyl groups is 1. The first-order chi connectivity index (χ1) is 19.2. The summed E-state index contributed by atoms with van der Waals surface area (Å²) < 4.78 is 35.3. The number of nitrogens with zero attached hydrogens (tertiary/aromatic N) is 2. The molecule has 8 nitrogen and oxygen atoms in total. The highest BCUT2D eigenvalue weighted by atomic mass is 32.2. The van der Waals surface area contributed by atoms with Crippen LogP contribution < -0.4 is 15.0 Å². The molecule has 0 aliphatic carbocycles. The van der Waals surface area contributed by atoms with Crippen LogP contribution in [0, 0.1) is 13.8 Å². The number of benzene rings is 4. The van der Waals surface area contributed by atoms with Gasteiger partial charge in [0.05, 0.1) is 34.6 Å². The number of aromatic nitrogens is 1. The van der Waals surface area contributed by atoms with Gasteiger partial charge in [0, 0.05) is 17.0 Å². The fraction of sp³-hybridized carbons (Fsp3) is 0.0968. The van der Waals surface area contributed by atoms with Gasteiger partial charge in [-0.2, -0.15) is 0 Å². The molecule has 1 aromatic heterocycles. The zero-order chi connectivity index (χ0) is 28.4. The molecule has 9 heteroatoms. The Morgan fingerprint density at radius 1 is 0.900 bits per heavy atom. The minimum atomic E-state index is -3.95. The largest absolute Gasteiger partial charge is 0.495 e. The van der Waals surface area contributed by atoms with Crippen LogP contribution in [0.3, 0.4) is 0 Å². The predicted octanol–water partition coefficient (Wildman–Crippen LogP) is 5.87. The molecular weight excluding hydrogens is 526 g/mol. The second-order valence-corrected chi connectivity index (χ2v) is 11.0. The number of fused-ring (bicyclic) bond motifs is 1. The second-order valence-electron chi connectivity index (χ2n) is 9.27. The summed E-state index contributed by atoms with van der Waals surface area (Å²) in [4.78, 5) is 17.9. The van der Waals surface area contributed by atoms with E-state index in [2.05, 4.69) is 9.71 Å². The number of ether oxygens (including phenoxy) is 1. The maximum atomic E-state index is 13.4. The fourth-order valence-electron chi connectivity index (χ4n) is 4.57. The number of rotatable bonds is 7. The SMILES string of the molecule is COc1ccccc1NS(=O)(=O)c1cccc(N=Cc2c(O)n(-c3ccc(C)cc3C)c(=O)c3ccccc23)c1. The van der Waals surface area contributed by atoms with Gasteiger partial charge in [-0.3, -0.25) is 14.5 Å². The van der Waals surface area contributed by atoms with Crippen LogP contribution in [-0.4, -0.2) is 31.4 Å². The molecule has 1 heterocycles. The van der Waals surface area contributed by atoms with Crippen molar-refractivity contribution in [2.45, 2.75) is 18.7 Å². The van der Waals surface area contributed by atoms with E-state index in [0.717, 1.165) is 11.1 Å². The highest BCUT2D eigenvalue weighted by Crippen LogP contribution is 2.30. The normalized spacial score (nSPS) is 11.7. The van der Waals surface area contributed by atoms with E-state index in [-0.39, 0.29) is 16.3 Å². The predicted molar refractivity (Wildman–Crippen MR) is 158 cm³/mol. The molecule has 202 valence electrons. The van der Waals surface area contributed by atoms with Crippen LogP contribution in [0.4, 0.5) is 11.4 Å².